The van der Waals surface area contributed by atoms with E-state index in [1.54, 1.807) is 0 Å². The second-order valence-electron chi connectivity index (χ2n) is 4.41. The molecule has 3 rings (SSSR count). The molecule has 0 bridgehead atoms. The summed E-state index contributed by atoms with van der Waals surface area (Å²) in [7, 11) is 0. The average molecular weight is 281 g/mol. The molecule has 21 heavy (non-hydrogen) atoms. The summed E-state index contributed by atoms with van der Waals surface area (Å²) >= 11 is 0. The molecule has 0 aliphatic heterocycles. The van der Waals surface area contributed by atoms with Crippen molar-refractivity contribution in [1.29, 1.82) is 0 Å². The van der Waals surface area contributed by atoms with Crippen LogP contribution in [0.5, 0.6) is 0 Å². The third-order valence-corrected chi connectivity index (χ3v) is 2.89. The van der Waals surface area contributed by atoms with Crippen LogP contribution in [0.4, 0.5) is 5.69 Å². The lowest BCUT2D eigenvalue weighted by Crippen LogP contribution is -2.21. The fourth-order valence-corrected chi connectivity index (χ4v) is 2.01. The van der Waals surface area contributed by atoms with Gasteiger partial charge >= 0.3 is 0 Å². The highest BCUT2D eigenvalue weighted by atomic mass is 16.3. The standard InChI is InChI=1S/C14H11N.CH4N4O/c15-14-6-5-12-7-10-3-1-2-4-11(10)8-13(12)9-14;2-1(3)4-5-6/h1-9H,15H2;(H4,2,3,4,6). The van der Waals surface area contributed by atoms with Crippen molar-refractivity contribution in [2.75, 3.05) is 5.73 Å². The fourth-order valence-electron chi connectivity index (χ4n) is 2.01. The van der Waals surface area contributed by atoms with Gasteiger partial charge in [-0.1, -0.05) is 35.4 Å². The number of nitrogens with zero attached hydrogens (tertiary/aromatic N) is 2. The van der Waals surface area contributed by atoms with Crippen molar-refractivity contribution in [2.45, 2.75) is 0 Å². The van der Waals surface area contributed by atoms with Gasteiger partial charge in [0.2, 0.25) is 5.96 Å². The van der Waals surface area contributed by atoms with Crippen LogP contribution in [0.15, 0.2) is 65.0 Å². The van der Waals surface area contributed by atoms with Crippen molar-refractivity contribution < 1.29 is 0 Å². The Hall–Kier alpha value is -3.15. The minimum absolute atomic E-state index is 0.315. The van der Waals surface area contributed by atoms with Gasteiger partial charge in [0.05, 0.1) is 5.29 Å². The van der Waals surface area contributed by atoms with Crippen molar-refractivity contribution in [3.63, 3.8) is 0 Å². The second-order valence-corrected chi connectivity index (χ2v) is 4.41. The molecule has 0 spiro atoms. The first-order valence-corrected chi connectivity index (χ1v) is 6.19. The maximum Gasteiger partial charge on any atom is 0.214 e. The molecule has 0 radical (unpaired) electrons. The molecule has 6 heteroatoms. The maximum absolute atomic E-state index is 9.02. The number of guanidine groups is 1. The quantitative estimate of drug-likeness (QED) is 0.158. The first kappa shape index (κ1) is 14.3. The summed E-state index contributed by atoms with van der Waals surface area (Å²) in [6, 6.07) is 18.8. The molecule has 0 fully saturated rings. The van der Waals surface area contributed by atoms with Gasteiger partial charge in [0, 0.05) is 5.69 Å². The molecule has 3 aromatic rings. The molecule has 106 valence electrons. The number of anilines is 1. The number of hydrogen-bond donors (Lipinski definition) is 3. The van der Waals surface area contributed by atoms with Gasteiger partial charge in [-0.3, -0.25) is 0 Å². The molecule has 0 saturated carbocycles. The number of rotatable bonds is 1. The lowest BCUT2D eigenvalue weighted by molar-refractivity contribution is 1.19. The van der Waals surface area contributed by atoms with Crippen molar-refractivity contribution in [1.82, 2.24) is 0 Å². The zero-order chi connectivity index (χ0) is 15.2. The summed E-state index contributed by atoms with van der Waals surface area (Å²) < 4.78 is 0. The van der Waals surface area contributed by atoms with E-state index < -0.39 is 0 Å². The molecule has 6 N–H and O–H groups in total. The SMILES string of the molecule is NC(N)=NN=O.Nc1ccc2cc3ccccc3cc2c1. The fraction of sp³-hybridized carbons (Fsp3) is 0. The number of hydrogen-bond acceptors (Lipinski definition) is 3. The van der Waals surface area contributed by atoms with Crippen molar-refractivity contribution in [3.8, 4) is 0 Å². The molecule has 0 heterocycles. The van der Waals surface area contributed by atoms with Crippen LogP contribution in [-0.2, 0) is 0 Å². The van der Waals surface area contributed by atoms with Gasteiger partial charge in [-0.15, -0.1) is 4.91 Å². The van der Waals surface area contributed by atoms with E-state index in [2.05, 4.69) is 59.0 Å². The van der Waals surface area contributed by atoms with Crippen molar-refractivity contribution in [2.24, 2.45) is 21.9 Å². The van der Waals surface area contributed by atoms with Gasteiger partial charge in [-0.25, -0.2) is 0 Å². The highest BCUT2D eigenvalue weighted by Gasteiger charge is 1.97. The Morgan fingerprint density at radius 3 is 1.90 bits per heavy atom. The Morgan fingerprint density at radius 1 is 0.810 bits per heavy atom. The molecule has 3 aromatic carbocycles. The van der Waals surface area contributed by atoms with Gasteiger partial charge < -0.3 is 17.2 Å². The maximum atomic E-state index is 9.02. The topological polar surface area (TPSA) is 120 Å². The molecule has 6 nitrogen and oxygen atoms in total. The van der Waals surface area contributed by atoms with E-state index in [0.29, 0.717) is 0 Å². The van der Waals surface area contributed by atoms with E-state index in [4.69, 9.17) is 10.6 Å². The van der Waals surface area contributed by atoms with E-state index in [0.717, 1.165) is 5.69 Å². The zero-order valence-electron chi connectivity index (χ0n) is 11.2. The Kier molecular flexibility index (Phi) is 4.30. The van der Waals surface area contributed by atoms with Crippen LogP contribution in [0.3, 0.4) is 0 Å². The minimum atomic E-state index is -0.315. The molecule has 0 unspecified atom stereocenters. The Bertz CT molecular complexity index is 809. The summed E-state index contributed by atoms with van der Waals surface area (Å²) in [6.07, 6.45) is 0. The van der Waals surface area contributed by atoms with Crippen LogP contribution >= 0.6 is 0 Å². The Morgan fingerprint density at radius 2 is 1.38 bits per heavy atom. The average Bonchev–Trinajstić information content (AvgIpc) is 2.45. The third-order valence-electron chi connectivity index (χ3n) is 2.89. The van der Waals surface area contributed by atoms with E-state index in [-0.39, 0.29) is 5.96 Å². The predicted molar refractivity (Wildman–Crippen MR) is 87.5 cm³/mol. The molecule has 0 aliphatic rings. The first-order chi connectivity index (χ1) is 10.1. The van der Waals surface area contributed by atoms with Crippen molar-refractivity contribution >= 4 is 33.2 Å². The smallest absolute Gasteiger partial charge is 0.214 e. The number of nitrogens with two attached hydrogens (primary N) is 3. The van der Waals surface area contributed by atoms with E-state index in [1.807, 2.05) is 17.4 Å². The van der Waals surface area contributed by atoms with Gasteiger partial charge in [0.25, 0.3) is 0 Å². The van der Waals surface area contributed by atoms with Crippen LogP contribution < -0.4 is 17.2 Å². The number of nitroso groups, excluding NO2 is 1. The summed E-state index contributed by atoms with van der Waals surface area (Å²) in [6.45, 7) is 0. The highest BCUT2D eigenvalue weighted by molar-refractivity contribution is 5.99. The summed E-state index contributed by atoms with van der Waals surface area (Å²) in [5.41, 5.74) is 15.9. The number of nitrogen functional groups attached to an aromatic ring is 1. The van der Waals surface area contributed by atoms with Crippen LogP contribution in [0.1, 0.15) is 0 Å². The summed E-state index contributed by atoms with van der Waals surface area (Å²) in [5, 5.41) is 9.66. The largest absolute Gasteiger partial charge is 0.399 e. The molecule has 0 aliphatic carbocycles. The van der Waals surface area contributed by atoms with E-state index in [1.165, 1.54) is 21.5 Å². The molecular weight excluding hydrogens is 266 g/mol. The predicted octanol–water partition coefficient (Wildman–Crippen LogP) is 2.52. The summed E-state index contributed by atoms with van der Waals surface area (Å²) in [5.74, 6) is -0.315. The van der Waals surface area contributed by atoms with Crippen molar-refractivity contribution in [3.05, 3.63) is 59.5 Å². The monoisotopic (exact) mass is 281 g/mol. The summed E-state index contributed by atoms with van der Waals surface area (Å²) in [4.78, 5) is 9.02. The van der Waals surface area contributed by atoms with Gasteiger partial charge in [0.1, 0.15) is 0 Å². The number of benzene rings is 3. The van der Waals surface area contributed by atoms with Crippen LogP contribution in [0.2, 0.25) is 0 Å². The normalized spacial score (nSPS) is 9.71. The van der Waals surface area contributed by atoms with Crippen LogP contribution in [0.25, 0.3) is 21.5 Å². The van der Waals surface area contributed by atoms with E-state index in [9.17, 15) is 0 Å². The minimum Gasteiger partial charge on any atom is -0.399 e. The molecule has 0 atom stereocenters. The van der Waals surface area contributed by atoms with Gasteiger partial charge in [-0.05, 0) is 45.8 Å². The van der Waals surface area contributed by atoms with E-state index >= 15 is 0 Å². The molecule has 0 amide bonds. The van der Waals surface area contributed by atoms with Gasteiger partial charge in [-0.2, -0.15) is 0 Å². The lowest BCUT2D eigenvalue weighted by atomic mass is 10.0. The second kappa shape index (κ2) is 6.33. The Labute approximate surface area is 121 Å². The molecular formula is C15H15N5O. The lowest BCUT2D eigenvalue weighted by Gasteiger charge is -2.02. The molecule has 0 saturated heterocycles. The Balaban J connectivity index is 0.000000232. The van der Waals surface area contributed by atoms with Crippen LogP contribution in [-0.4, -0.2) is 5.96 Å². The van der Waals surface area contributed by atoms with Crippen LogP contribution in [0, 0.1) is 4.91 Å². The first-order valence-electron chi connectivity index (χ1n) is 6.19. The molecule has 0 aromatic heterocycles. The zero-order valence-corrected chi connectivity index (χ0v) is 11.2. The highest BCUT2D eigenvalue weighted by Crippen LogP contribution is 2.24. The number of fused-ring (bicyclic) bond motifs is 2. The van der Waals surface area contributed by atoms with Gasteiger partial charge in [0.15, 0.2) is 0 Å². The third kappa shape index (κ3) is 3.66.